The molecule has 0 aliphatic heterocycles. The van der Waals surface area contributed by atoms with Gasteiger partial charge >= 0.3 is 0 Å². The van der Waals surface area contributed by atoms with E-state index in [-0.39, 0.29) is 18.7 Å². The third-order valence-corrected chi connectivity index (χ3v) is 2.77. The molecule has 0 bridgehead atoms. The van der Waals surface area contributed by atoms with Gasteiger partial charge in [-0.05, 0) is 22.0 Å². The largest absolute Gasteiger partial charge is 0.395 e. The van der Waals surface area contributed by atoms with Crippen LogP contribution >= 0.6 is 15.9 Å². The Hall–Kier alpha value is -1.28. The number of halogens is 3. The summed E-state index contributed by atoms with van der Waals surface area (Å²) < 4.78 is 25.4. The van der Waals surface area contributed by atoms with E-state index in [9.17, 15) is 13.6 Å². The summed E-state index contributed by atoms with van der Waals surface area (Å²) in [5.41, 5.74) is 0.172. The minimum atomic E-state index is -2.66. The molecule has 0 radical (unpaired) electrons. The number of aliphatic hydroxyl groups excluding tert-OH is 1. The molecule has 106 valence electrons. The lowest BCUT2D eigenvalue weighted by Crippen LogP contribution is -2.37. The molecule has 0 aromatic carbocycles. The van der Waals surface area contributed by atoms with E-state index in [0.29, 0.717) is 10.3 Å². The number of nitrogens with zero attached hydrogens (tertiary/aromatic N) is 2. The Balaban J connectivity index is 3.04. The van der Waals surface area contributed by atoms with Gasteiger partial charge in [0.05, 0.1) is 18.7 Å². The van der Waals surface area contributed by atoms with Gasteiger partial charge < -0.3 is 15.3 Å². The molecule has 8 heteroatoms. The number of amides is 1. The van der Waals surface area contributed by atoms with Crippen molar-refractivity contribution in [1.82, 2.24) is 9.88 Å². The fourth-order valence-corrected chi connectivity index (χ4v) is 1.87. The lowest BCUT2D eigenvalue weighted by atomic mass is 10.2. The maximum absolute atomic E-state index is 12.4. The third kappa shape index (κ3) is 4.39. The Kier molecular flexibility index (Phi) is 6.10. The second kappa shape index (κ2) is 7.34. The van der Waals surface area contributed by atoms with Crippen LogP contribution in [0.4, 0.5) is 14.6 Å². The Labute approximate surface area is 117 Å². The fraction of sp³-hybridized carbons (Fsp3) is 0.455. The molecule has 0 atom stereocenters. The number of hydrogen-bond donors (Lipinski definition) is 2. The van der Waals surface area contributed by atoms with E-state index in [2.05, 4.69) is 26.2 Å². The van der Waals surface area contributed by atoms with Gasteiger partial charge in [-0.25, -0.2) is 13.8 Å². The van der Waals surface area contributed by atoms with Gasteiger partial charge in [0.25, 0.3) is 12.3 Å². The molecule has 0 aliphatic carbocycles. The molecule has 19 heavy (non-hydrogen) atoms. The summed E-state index contributed by atoms with van der Waals surface area (Å²) >= 11 is 3.17. The maximum Gasteiger partial charge on any atom is 0.257 e. The summed E-state index contributed by atoms with van der Waals surface area (Å²) in [7, 11) is 1.58. The van der Waals surface area contributed by atoms with Crippen LogP contribution in [0.15, 0.2) is 16.7 Å². The number of carbonyl (C=O) groups is 1. The molecule has 1 aromatic rings. The molecule has 5 nitrogen and oxygen atoms in total. The van der Waals surface area contributed by atoms with Crippen LogP contribution in [0.1, 0.15) is 10.4 Å². The molecule has 1 heterocycles. The number of carbonyl (C=O) groups excluding carboxylic acids is 1. The number of pyridine rings is 1. The normalized spacial score (nSPS) is 10.6. The molecule has 0 fully saturated rings. The molecule has 0 spiro atoms. The van der Waals surface area contributed by atoms with Crippen molar-refractivity contribution in [3.8, 4) is 0 Å². The summed E-state index contributed by atoms with van der Waals surface area (Å²) in [4.78, 5) is 17.1. The number of nitrogens with one attached hydrogen (secondary N) is 1. The Morgan fingerprint density at radius 2 is 2.32 bits per heavy atom. The molecule has 0 saturated heterocycles. The first-order valence-electron chi connectivity index (χ1n) is 5.51. The van der Waals surface area contributed by atoms with Crippen LogP contribution in [0.2, 0.25) is 0 Å². The van der Waals surface area contributed by atoms with Crippen molar-refractivity contribution in [1.29, 1.82) is 0 Å². The predicted molar refractivity (Wildman–Crippen MR) is 70.5 cm³/mol. The van der Waals surface area contributed by atoms with E-state index in [1.807, 2.05) is 0 Å². The highest BCUT2D eigenvalue weighted by Crippen LogP contribution is 2.19. The molecule has 0 unspecified atom stereocenters. The van der Waals surface area contributed by atoms with Gasteiger partial charge in [0.2, 0.25) is 0 Å². The van der Waals surface area contributed by atoms with Crippen molar-refractivity contribution >= 4 is 27.7 Å². The first-order valence-corrected chi connectivity index (χ1v) is 6.30. The van der Waals surface area contributed by atoms with Crippen molar-refractivity contribution in [3.63, 3.8) is 0 Å². The minimum absolute atomic E-state index is 0.154. The number of hydrogen-bond acceptors (Lipinski definition) is 4. The van der Waals surface area contributed by atoms with E-state index in [4.69, 9.17) is 5.11 Å². The first kappa shape index (κ1) is 15.8. The van der Waals surface area contributed by atoms with Crippen molar-refractivity contribution in [3.05, 3.63) is 22.3 Å². The molecule has 1 rings (SSSR count). The van der Waals surface area contributed by atoms with Crippen molar-refractivity contribution in [2.75, 3.05) is 32.1 Å². The number of alkyl halides is 2. The van der Waals surface area contributed by atoms with Gasteiger partial charge in [-0.15, -0.1) is 0 Å². The smallest absolute Gasteiger partial charge is 0.257 e. The van der Waals surface area contributed by atoms with Crippen molar-refractivity contribution < 1.29 is 18.7 Å². The molecule has 2 N–H and O–H groups in total. The SMILES string of the molecule is CNc1ncc(Br)cc1C(=O)N(CCO)CC(F)F. The number of aromatic nitrogens is 1. The molecule has 0 aliphatic rings. The van der Waals surface area contributed by atoms with Crippen molar-refractivity contribution in [2.45, 2.75) is 6.43 Å². The number of aliphatic hydroxyl groups is 1. The van der Waals surface area contributed by atoms with Crippen LogP contribution in [-0.2, 0) is 0 Å². The second-order valence-electron chi connectivity index (χ2n) is 3.67. The van der Waals surface area contributed by atoms with Crippen LogP contribution in [0.25, 0.3) is 0 Å². The quantitative estimate of drug-likeness (QED) is 0.827. The standard InChI is InChI=1S/C11H14BrF2N3O2/c1-15-10-8(4-7(12)5-16-10)11(19)17(2-3-18)6-9(13)14/h4-5,9,18H,2-3,6H2,1H3,(H,15,16). The van der Waals surface area contributed by atoms with Crippen LogP contribution in [-0.4, -0.2) is 54.1 Å². The van der Waals surface area contributed by atoms with Gasteiger partial charge in [-0.3, -0.25) is 4.79 Å². The lowest BCUT2D eigenvalue weighted by molar-refractivity contribution is 0.0509. The van der Waals surface area contributed by atoms with Crippen LogP contribution in [0, 0.1) is 0 Å². The minimum Gasteiger partial charge on any atom is -0.395 e. The average Bonchev–Trinajstić information content (AvgIpc) is 2.37. The Morgan fingerprint density at radius 1 is 1.63 bits per heavy atom. The van der Waals surface area contributed by atoms with Crippen LogP contribution < -0.4 is 5.32 Å². The highest BCUT2D eigenvalue weighted by Gasteiger charge is 2.22. The van der Waals surface area contributed by atoms with E-state index in [0.717, 1.165) is 4.90 Å². The third-order valence-electron chi connectivity index (χ3n) is 2.34. The molecule has 1 amide bonds. The zero-order chi connectivity index (χ0) is 14.4. The maximum atomic E-state index is 12.4. The first-order chi connectivity index (χ1) is 8.99. The van der Waals surface area contributed by atoms with Crippen LogP contribution in [0.5, 0.6) is 0 Å². The zero-order valence-electron chi connectivity index (χ0n) is 10.2. The van der Waals surface area contributed by atoms with Gasteiger partial charge in [-0.1, -0.05) is 0 Å². The van der Waals surface area contributed by atoms with Crippen LogP contribution in [0.3, 0.4) is 0 Å². The summed E-state index contributed by atoms with van der Waals surface area (Å²) in [6.07, 6.45) is -1.17. The lowest BCUT2D eigenvalue weighted by Gasteiger charge is -2.22. The topological polar surface area (TPSA) is 65.5 Å². The Morgan fingerprint density at radius 3 is 2.84 bits per heavy atom. The van der Waals surface area contributed by atoms with Gasteiger partial charge in [0.15, 0.2) is 0 Å². The highest BCUT2D eigenvalue weighted by atomic mass is 79.9. The number of anilines is 1. The molecule has 1 aromatic heterocycles. The number of rotatable bonds is 6. The van der Waals surface area contributed by atoms with Gasteiger partial charge in [0.1, 0.15) is 5.82 Å². The summed E-state index contributed by atoms with van der Waals surface area (Å²) in [5, 5.41) is 11.6. The van der Waals surface area contributed by atoms with E-state index >= 15 is 0 Å². The highest BCUT2D eigenvalue weighted by molar-refractivity contribution is 9.10. The Bertz CT molecular complexity index is 446. The predicted octanol–water partition coefficient (Wildman–Crippen LogP) is 1.59. The van der Waals surface area contributed by atoms with E-state index in [1.54, 1.807) is 7.05 Å². The molecular formula is C11H14BrF2N3O2. The fourth-order valence-electron chi connectivity index (χ4n) is 1.53. The average molecular weight is 338 g/mol. The summed E-state index contributed by atoms with van der Waals surface area (Å²) in [5.74, 6) is -0.307. The molecular weight excluding hydrogens is 324 g/mol. The monoisotopic (exact) mass is 337 g/mol. The summed E-state index contributed by atoms with van der Waals surface area (Å²) in [6, 6.07) is 1.50. The van der Waals surface area contributed by atoms with Gasteiger partial charge in [0, 0.05) is 24.3 Å². The molecule has 0 saturated carbocycles. The van der Waals surface area contributed by atoms with E-state index in [1.165, 1.54) is 12.3 Å². The zero-order valence-corrected chi connectivity index (χ0v) is 11.8. The van der Waals surface area contributed by atoms with Crippen molar-refractivity contribution in [2.24, 2.45) is 0 Å². The van der Waals surface area contributed by atoms with E-state index < -0.39 is 18.9 Å². The van der Waals surface area contributed by atoms with Gasteiger partial charge in [-0.2, -0.15) is 0 Å². The second-order valence-corrected chi connectivity index (χ2v) is 4.58. The summed E-state index contributed by atoms with van der Waals surface area (Å²) in [6.45, 7) is -1.26.